The average molecular weight is 306 g/mol. The molecule has 2 nitrogen and oxygen atoms in total. The van der Waals surface area contributed by atoms with Crippen molar-refractivity contribution in [2.45, 2.75) is 92.1 Å². The van der Waals surface area contributed by atoms with E-state index in [-0.39, 0.29) is 22.9 Å². The SMILES string of the molecule is CCC(C)C(=O)OC(C)(C)C12CC3CC(C)(CC(C)(C3)C1)C2. The van der Waals surface area contributed by atoms with E-state index in [1.807, 2.05) is 6.92 Å². The first-order valence-electron chi connectivity index (χ1n) is 9.25. The number of esters is 1. The Balaban J connectivity index is 1.88. The van der Waals surface area contributed by atoms with Crippen LogP contribution in [0.1, 0.15) is 86.5 Å². The molecule has 0 saturated heterocycles. The molecule has 3 atom stereocenters. The van der Waals surface area contributed by atoms with Crippen LogP contribution in [0.25, 0.3) is 0 Å². The normalized spacial score (nSPS) is 44.9. The summed E-state index contributed by atoms with van der Waals surface area (Å²) in [5.41, 5.74) is 0.789. The highest BCUT2D eigenvalue weighted by atomic mass is 16.6. The van der Waals surface area contributed by atoms with Crippen molar-refractivity contribution < 1.29 is 9.53 Å². The van der Waals surface area contributed by atoms with Crippen LogP contribution in [0.4, 0.5) is 0 Å². The summed E-state index contributed by atoms with van der Waals surface area (Å²) in [4.78, 5) is 12.4. The molecule has 126 valence electrons. The van der Waals surface area contributed by atoms with Crippen molar-refractivity contribution in [1.82, 2.24) is 0 Å². The third-order valence-electron chi connectivity index (χ3n) is 7.27. The molecule has 4 aliphatic rings. The van der Waals surface area contributed by atoms with Gasteiger partial charge in [0.1, 0.15) is 5.60 Å². The molecule has 3 unspecified atom stereocenters. The molecule has 0 aliphatic heterocycles. The molecule has 0 spiro atoms. The molecule has 4 fully saturated rings. The molecule has 22 heavy (non-hydrogen) atoms. The molecule has 0 N–H and O–H groups in total. The maximum Gasteiger partial charge on any atom is 0.309 e. The van der Waals surface area contributed by atoms with Gasteiger partial charge in [-0.05, 0) is 75.5 Å². The fourth-order valence-corrected chi connectivity index (χ4v) is 6.75. The van der Waals surface area contributed by atoms with E-state index < -0.39 is 0 Å². The summed E-state index contributed by atoms with van der Waals surface area (Å²) in [7, 11) is 0. The fourth-order valence-electron chi connectivity index (χ4n) is 6.75. The van der Waals surface area contributed by atoms with Crippen LogP contribution in [0.3, 0.4) is 0 Å². The largest absolute Gasteiger partial charge is 0.459 e. The predicted octanol–water partition coefficient (Wildman–Crippen LogP) is 5.35. The summed E-state index contributed by atoms with van der Waals surface area (Å²) >= 11 is 0. The number of carbonyl (C=O) groups excluding carboxylic acids is 1. The molecule has 4 aliphatic carbocycles. The monoisotopic (exact) mass is 306 g/mol. The van der Waals surface area contributed by atoms with Gasteiger partial charge in [-0.25, -0.2) is 0 Å². The van der Waals surface area contributed by atoms with Crippen LogP contribution in [0.15, 0.2) is 0 Å². The van der Waals surface area contributed by atoms with Crippen molar-refractivity contribution in [3.05, 3.63) is 0 Å². The minimum absolute atomic E-state index is 0.00134. The topological polar surface area (TPSA) is 26.3 Å². The predicted molar refractivity (Wildman–Crippen MR) is 89.5 cm³/mol. The van der Waals surface area contributed by atoms with E-state index in [4.69, 9.17) is 4.74 Å². The van der Waals surface area contributed by atoms with Crippen LogP contribution in [-0.4, -0.2) is 11.6 Å². The second kappa shape index (κ2) is 4.74. The van der Waals surface area contributed by atoms with E-state index >= 15 is 0 Å². The van der Waals surface area contributed by atoms with Crippen LogP contribution in [0.5, 0.6) is 0 Å². The zero-order chi connectivity index (χ0) is 16.4. The highest BCUT2D eigenvalue weighted by molar-refractivity contribution is 5.72. The zero-order valence-electron chi connectivity index (χ0n) is 15.4. The van der Waals surface area contributed by atoms with Gasteiger partial charge in [0.15, 0.2) is 0 Å². The van der Waals surface area contributed by atoms with Crippen molar-refractivity contribution in [3.8, 4) is 0 Å². The minimum Gasteiger partial charge on any atom is -0.459 e. The van der Waals surface area contributed by atoms with Gasteiger partial charge in [0.2, 0.25) is 0 Å². The van der Waals surface area contributed by atoms with Gasteiger partial charge in [0.25, 0.3) is 0 Å². The van der Waals surface area contributed by atoms with Gasteiger partial charge in [-0.1, -0.05) is 27.7 Å². The lowest BCUT2D eigenvalue weighted by Gasteiger charge is -2.68. The van der Waals surface area contributed by atoms with Crippen molar-refractivity contribution in [2.75, 3.05) is 0 Å². The quantitative estimate of drug-likeness (QED) is 0.654. The zero-order valence-corrected chi connectivity index (χ0v) is 15.4. The molecule has 4 saturated carbocycles. The minimum atomic E-state index is -0.338. The van der Waals surface area contributed by atoms with E-state index in [0.717, 1.165) is 12.3 Å². The molecule has 0 aromatic rings. The van der Waals surface area contributed by atoms with E-state index in [0.29, 0.717) is 10.8 Å². The Morgan fingerprint density at radius 3 is 2.14 bits per heavy atom. The Labute approximate surface area is 136 Å². The molecule has 0 aromatic heterocycles. The molecule has 2 heteroatoms. The van der Waals surface area contributed by atoms with Crippen molar-refractivity contribution in [2.24, 2.45) is 28.1 Å². The Bertz CT molecular complexity index is 460. The summed E-state index contributed by atoms with van der Waals surface area (Å²) in [6.45, 7) is 13.4. The van der Waals surface area contributed by atoms with Crippen molar-refractivity contribution in [3.63, 3.8) is 0 Å². The van der Waals surface area contributed by atoms with Crippen LogP contribution in [0.2, 0.25) is 0 Å². The fraction of sp³-hybridized carbons (Fsp3) is 0.950. The number of rotatable bonds is 4. The van der Waals surface area contributed by atoms with Gasteiger partial charge in [0, 0.05) is 5.41 Å². The van der Waals surface area contributed by atoms with Gasteiger partial charge < -0.3 is 4.74 Å². The molecule has 0 amide bonds. The van der Waals surface area contributed by atoms with E-state index in [1.165, 1.54) is 38.5 Å². The summed E-state index contributed by atoms with van der Waals surface area (Å²) < 4.78 is 6.13. The van der Waals surface area contributed by atoms with E-state index in [2.05, 4.69) is 34.6 Å². The molecule has 0 heterocycles. The first kappa shape index (κ1) is 16.3. The lowest BCUT2D eigenvalue weighted by atomic mass is 9.38. The molecule has 4 bridgehead atoms. The summed E-state index contributed by atoms with van der Waals surface area (Å²) in [5, 5.41) is 0. The Morgan fingerprint density at radius 2 is 1.68 bits per heavy atom. The highest BCUT2D eigenvalue weighted by Crippen LogP contribution is 2.72. The smallest absolute Gasteiger partial charge is 0.309 e. The summed E-state index contributed by atoms with van der Waals surface area (Å²) in [6, 6.07) is 0. The molecule has 4 rings (SSSR count). The third-order valence-corrected chi connectivity index (χ3v) is 7.27. The first-order valence-corrected chi connectivity index (χ1v) is 9.25. The standard InChI is InChI=1S/C20H34O2/c1-7-14(2)16(21)22-17(3,4)20-10-15-8-18(5,12-20)11-19(6,9-15)13-20/h14-15H,7-13H2,1-6H3. The van der Waals surface area contributed by atoms with E-state index in [1.54, 1.807) is 0 Å². The molecular formula is C20H34O2. The number of carbonyl (C=O) groups is 1. The lowest BCUT2D eigenvalue weighted by molar-refractivity contribution is -0.230. The lowest BCUT2D eigenvalue weighted by Crippen LogP contribution is -2.62. The second-order valence-corrected chi connectivity index (χ2v) is 10.2. The van der Waals surface area contributed by atoms with Crippen LogP contribution >= 0.6 is 0 Å². The molecular weight excluding hydrogens is 272 g/mol. The number of ether oxygens (including phenoxy) is 1. The Hall–Kier alpha value is -0.530. The number of hydrogen-bond acceptors (Lipinski definition) is 2. The highest BCUT2D eigenvalue weighted by Gasteiger charge is 2.65. The van der Waals surface area contributed by atoms with Gasteiger partial charge in [0.05, 0.1) is 5.92 Å². The maximum atomic E-state index is 12.4. The average Bonchev–Trinajstić information content (AvgIpc) is 2.32. The van der Waals surface area contributed by atoms with Gasteiger partial charge >= 0.3 is 5.97 Å². The van der Waals surface area contributed by atoms with Crippen LogP contribution in [-0.2, 0) is 9.53 Å². The Morgan fingerprint density at radius 1 is 1.14 bits per heavy atom. The Kier molecular flexibility index (Phi) is 3.52. The van der Waals surface area contributed by atoms with Crippen LogP contribution < -0.4 is 0 Å². The van der Waals surface area contributed by atoms with E-state index in [9.17, 15) is 4.79 Å². The maximum absolute atomic E-state index is 12.4. The third kappa shape index (κ3) is 2.41. The van der Waals surface area contributed by atoms with Gasteiger partial charge in [-0.2, -0.15) is 0 Å². The van der Waals surface area contributed by atoms with Crippen molar-refractivity contribution >= 4 is 5.97 Å². The molecule has 0 aromatic carbocycles. The number of hydrogen-bond donors (Lipinski definition) is 0. The second-order valence-electron chi connectivity index (χ2n) is 10.2. The summed E-state index contributed by atoms with van der Waals surface area (Å²) in [6.07, 6.45) is 8.76. The van der Waals surface area contributed by atoms with Gasteiger partial charge in [-0.3, -0.25) is 4.79 Å². The van der Waals surface area contributed by atoms with Crippen molar-refractivity contribution in [1.29, 1.82) is 0 Å². The molecule has 0 radical (unpaired) electrons. The first-order chi connectivity index (χ1) is 10.0. The van der Waals surface area contributed by atoms with Crippen LogP contribution in [0, 0.1) is 28.1 Å². The van der Waals surface area contributed by atoms with Gasteiger partial charge in [-0.15, -0.1) is 0 Å². The summed E-state index contributed by atoms with van der Waals surface area (Å²) in [5.74, 6) is 0.853.